The third-order valence-corrected chi connectivity index (χ3v) is 4.10. The van der Waals surface area contributed by atoms with E-state index in [9.17, 15) is 9.18 Å². The molecule has 0 aliphatic carbocycles. The third-order valence-electron chi connectivity index (χ3n) is 3.63. The van der Waals surface area contributed by atoms with Crippen molar-refractivity contribution in [3.8, 4) is 0 Å². The van der Waals surface area contributed by atoms with Gasteiger partial charge in [0.1, 0.15) is 17.7 Å². The summed E-state index contributed by atoms with van der Waals surface area (Å²) in [6.07, 6.45) is 2.43. The summed E-state index contributed by atoms with van der Waals surface area (Å²) in [5.41, 5.74) is 0.928. The SMILES string of the molecule is O=C1C(Nc2ccc(Br)cn2)CCN1Cc1ccc(F)cc1. The number of carbonyl (C=O) groups excluding carboxylic acids is 1. The van der Waals surface area contributed by atoms with E-state index in [0.717, 1.165) is 16.5 Å². The first kappa shape index (κ1) is 15.0. The molecule has 0 radical (unpaired) electrons. The van der Waals surface area contributed by atoms with Gasteiger partial charge in [-0.2, -0.15) is 0 Å². The van der Waals surface area contributed by atoms with Crippen molar-refractivity contribution in [2.24, 2.45) is 0 Å². The minimum atomic E-state index is -0.266. The molecule has 6 heteroatoms. The van der Waals surface area contributed by atoms with Gasteiger partial charge in [-0.3, -0.25) is 4.79 Å². The number of hydrogen-bond acceptors (Lipinski definition) is 3. The molecule has 2 aromatic rings. The summed E-state index contributed by atoms with van der Waals surface area (Å²) in [6, 6.07) is 9.70. The van der Waals surface area contributed by atoms with Crippen LogP contribution in [0.5, 0.6) is 0 Å². The highest BCUT2D eigenvalue weighted by molar-refractivity contribution is 9.10. The number of nitrogens with zero attached hydrogens (tertiary/aromatic N) is 2. The Bertz CT molecular complexity index is 603. The molecule has 22 heavy (non-hydrogen) atoms. The highest BCUT2D eigenvalue weighted by Crippen LogP contribution is 2.19. The Labute approximate surface area is 136 Å². The maximum absolute atomic E-state index is 12.9. The van der Waals surface area contributed by atoms with Crippen LogP contribution in [0.15, 0.2) is 47.1 Å². The average molecular weight is 364 g/mol. The Hall–Kier alpha value is -1.95. The lowest BCUT2D eigenvalue weighted by Crippen LogP contribution is -2.33. The number of nitrogens with one attached hydrogen (secondary N) is 1. The van der Waals surface area contributed by atoms with E-state index < -0.39 is 0 Å². The minimum absolute atomic E-state index is 0.0500. The molecule has 1 aliphatic rings. The fraction of sp³-hybridized carbons (Fsp3) is 0.250. The summed E-state index contributed by atoms with van der Waals surface area (Å²) >= 11 is 3.33. The molecule has 1 saturated heterocycles. The van der Waals surface area contributed by atoms with Crippen molar-refractivity contribution in [1.82, 2.24) is 9.88 Å². The zero-order chi connectivity index (χ0) is 15.5. The van der Waals surface area contributed by atoms with Gasteiger partial charge in [0, 0.05) is 23.8 Å². The van der Waals surface area contributed by atoms with Crippen molar-refractivity contribution < 1.29 is 9.18 Å². The molecule has 1 aromatic carbocycles. The number of halogens is 2. The Balaban J connectivity index is 1.62. The van der Waals surface area contributed by atoms with Crippen molar-refractivity contribution in [1.29, 1.82) is 0 Å². The summed E-state index contributed by atoms with van der Waals surface area (Å²) in [6.45, 7) is 1.19. The van der Waals surface area contributed by atoms with Crippen molar-refractivity contribution in [2.75, 3.05) is 11.9 Å². The van der Waals surface area contributed by atoms with Gasteiger partial charge in [0.05, 0.1) is 0 Å². The Kier molecular flexibility index (Phi) is 4.38. The molecule has 1 amide bonds. The number of anilines is 1. The molecule has 0 bridgehead atoms. The Morgan fingerprint density at radius 2 is 2.05 bits per heavy atom. The van der Waals surface area contributed by atoms with Gasteiger partial charge < -0.3 is 10.2 Å². The first-order chi connectivity index (χ1) is 10.6. The van der Waals surface area contributed by atoms with E-state index in [1.807, 2.05) is 12.1 Å². The van der Waals surface area contributed by atoms with E-state index in [4.69, 9.17) is 0 Å². The lowest BCUT2D eigenvalue weighted by molar-refractivity contribution is -0.128. The second-order valence-corrected chi connectivity index (χ2v) is 6.15. The van der Waals surface area contributed by atoms with Gasteiger partial charge in [-0.05, 0) is 52.2 Å². The highest BCUT2D eigenvalue weighted by Gasteiger charge is 2.31. The van der Waals surface area contributed by atoms with Crippen LogP contribution in [0, 0.1) is 5.82 Å². The van der Waals surface area contributed by atoms with Crippen molar-refractivity contribution >= 4 is 27.7 Å². The molecule has 4 nitrogen and oxygen atoms in total. The first-order valence-electron chi connectivity index (χ1n) is 7.03. The molecule has 1 aromatic heterocycles. The summed E-state index contributed by atoms with van der Waals surface area (Å²) in [5, 5.41) is 3.16. The van der Waals surface area contributed by atoms with E-state index in [0.29, 0.717) is 18.9 Å². The molecule has 2 heterocycles. The van der Waals surface area contributed by atoms with E-state index in [2.05, 4.69) is 26.2 Å². The van der Waals surface area contributed by atoms with E-state index in [1.165, 1.54) is 12.1 Å². The fourth-order valence-electron chi connectivity index (χ4n) is 2.48. The number of carbonyl (C=O) groups is 1. The smallest absolute Gasteiger partial charge is 0.245 e. The molecular weight excluding hydrogens is 349 g/mol. The van der Waals surface area contributed by atoms with E-state index >= 15 is 0 Å². The standard InChI is InChI=1S/C16H15BrFN3O/c17-12-3-6-15(19-9-12)20-14-7-8-21(16(14)22)10-11-1-4-13(18)5-2-11/h1-6,9,14H,7-8,10H2,(H,19,20). The second-order valence-electron chi connectivity index (χ2n) is 5.23. The minimum Gasteiger partial charge on any atom is -0.358 e. The molecule has 1 atom stereocenters. The fourth-order valence-corrected chi connectivity index (χ4v) is 2.71. The molecule has 1 fully saturated rings. The van der Waals surface area contributed by atoms with Crippen molar-refractivity contribution in [3.05, 3.63) is 58.4 Å². The number of pyridine rings is 1. The van der Waals surface area contributed by atoms with Gasteiger partial charge in [-0.1, -0.05) is 12.1 Å². The highest BCUT2D eigenvalue weighted by atomic mass is 79.9. The van der Waals surface area contributed by atoms with Gasteiger partial charge in [0.15, 0.2) is 0 Å². The quantitative estimate of drug-likeness (QED) is 0.906. The molecule has 0 saturated carbocycles. The summed E-state index contributed by atoms with van der Waals surface area (Å²) in [4.78, 5) is 18.4. The van der Waals surface area contributed by atoms with Gasteiger partial charge >= 0.3 is 0 Å². The largest absolute Gasteiger partial charge is 0.358 e. The molecule has 1 unspecified atom stereocenters. The normalized spacial score (nSPS) is 17.8. The van der Waals surface area contributed by atoms with Crippen molar-refractivity contribution in [3.63, 3.8) is 0 Å². The van der Waals surface area contributed by atoms with Crippen LogP contribution in [-0.2, 0) is 11.3 Å². The lowest BCUT2D eigenvalue weighted by atomic mass is 10.2. The molecule has 1 aliphatic heterocycles. The number of amides is 1. The predicted molar refractivity (Wildman–Crippen MR) is 85.8 cm³/mol. The second kappa shape index (κ2) is 6.44. The molecular formula is C16H15BrFN3O. The van der Waals surface area contributed by atoms with E-state index in [1.54, 1.807) is 23.2 Å². The number of hydrogen-bond donors (Lipinski definition) is 1. The van der Waals surface area contributed by atoms with E-state index in [-0.39, 0.29) is 17.8 Å². The van der Waals surface area contributed by atoms with Crippen LogP contribution < -0.4 is 5.32 Å². The summed E-state index contributed by atoms with van der Waals surface area (Å²) in [5.74, 6) is 0.469. The van der Waals surface area contributed by atoms with Crippen LogP contribution in [0.3, 0.4) is 0 Å². The molecule has 0 spiro atoms. The molecule has 3 rings (SSSR count). The Morgan fingerprint density at radius 1 is 1.27 bits per heavy atom. The number of likely N-dealkylation sites (tertiary alicyclic amines) is 1. The monoisotopic (exact) mass is 363 g/mol. The Morgan fingerprint density at radius 3 is 2.73 bits per heavy atom. The van der Waals surface area contributed by atoms with Crippen LogP contribution in [0.4, 0.5) is 10.2 Å². The molecule has 1 N–H and O–H groups in total. The predicted octanol–water partition coefficient (Wildman–Crippen LogP) is 3.20. The topological polar surface area (TPSA) is 45.2 Å². The number of benzene rings is 1. The zero-order valence-electron chi connectivity index (χ0n) is 11.8. The van der Waals surface area contributed by atoms with Crippen LogP contribution in [0.25, 0.3) is 0 Å². The number of rotatable bonds is 4. The van der Waals surface area contributed by atoms with Gasteiger partial charge in [0.2, 0.25) is 5.91 Å². The summed E-state index contributed by atoms with van der Waals surface area (Å²) in [7, 11) is 0. The number of aromatic nitrogens is 1. The maximum atomic E-state index is 12.9. The van der Waals surface area contributed by atoms with Gasteiger partial charge in [-0.25, -0.2) is 9.37 Å². The lowest BCUT2D eigenvalue weighted by Gasteiger charge is -2.17. The van der Waals surface area contributed by atoms with Crippen LogP contribution in [-0.4, -0.2) is 28.4 Å². The van der Waals surface area contributed by atoms with Crippen LogP contribution in [0.1, 0.15) is 12.0 Å². The molecule has 114 valence electrons. The van der Waals surface area contributed by atoms with Crippen molar-refractivity contribution in [2.45, 2.75) is 19.0 Å². The first-order valence-corrected chi connectivity index (χ1v) is 7.82. The van der Waals surface area contributed by atoms with Gasteiger partial charge in [0.25, 0.3) is 0 Å². The van der Waals surface area contributed by atoms with Crippen LogP contribution in [0.2, 0.25) is 0 Å². The maximum Gasteiger partial charge on any atom is 0.245 e. The third kappa shape index (κ3) is 3.44. The van der Waals surface area contributed by atoms with Crippen LogP contribution >= 0.6 is 15.9 Å². The van der Waals surface area contributed by atoms with Gasteiger partial charge in [-0.15, -0.1) is 0 Å². The zero-order valence-corrected chi connectivity index (χ0v) is 13.4. The average Bonchev–Trinajstić information content (AvgIpc) is 2.85. The summed E-state index contributed by atoms with van der Waals surface area (Å²) < 4.78 is 13.8.